The third-order valence-corrected chi connectivity index (χ3v) is 7.27. The van der Waals surface area contributed by atoms with Gasteiger partial charge in [0, 0.05) is 31.7 Å². The molecule has 2 N–H and O–H groups in total. The Hall–Kier alpha value is -3.69. The Morgan fingerprint density at radius 3 is 2.46 bits per heavy atom. The number of carbonyl (C=O) groups excluding carboxylic acids is 2. The lowest BCUT2D eigenvalue weighted by atomic mass is 9.94. The SMILES string of the molecule is COCC(C(=O)OC)N1CC(NC(=O)Nc2c3c(nn2-c2ccccc2)CCC3)C(c2ccccc2)C1. The van der Waals surface area contributed by atoms with E-state index in [1.807, 2.05) is 58.1 Å². The molecule has 1 fully saturated rings. The molecule has 0 spiro atoms. The van der Waals surface area contributed by atoms with Crippen molar-refractivity contribution in [2.75, 3.05) is 39.2 Å². The molecule has 1 aliphatic heterocycles. The van der Waals surface area contributed by atoms with Crippen LogP contribution in [0.4, 0.5) is 10.6 Å². The van der Waals surface area contributed by atoms with Crippen molar-refractivity contribution in [3.63, 3.8) is 0 Å². The molecule has 9 nitrogen and oxygen atoms in total. The molecule has 5 rings (SSSR count). The van der Waals surface area contributed by atoms with E-state index in [1.54, 1.807) is 7.11 Å². The lowest BCUT2D eigenvalue weighted by Gasteiger charge is -2.25. The van der Waals surface area contributed by atoms with E-state index in [0.717, 1.165) is 41.8 Å². The zero-order valence-corrected chi connectivity index (χ0v) is 21.2. The molecule has 2 aliphatic rings. The average Bonchev–Trinajstić information content (AvgIpc) is 3.64. The molecule has 37 heavy (non-hydrogen) atoms. The van der Waals surface area contributed by atoms with E-state index in [2.05, 4.69) is 22.8 Å². The Kier molecular flexibility index (Phi) is 7.52. The quantitative estimate of drug-likeness (QED) is 0.459. The molecule has 2 aromatic carbocycles. The number of anilines is 1. The van der Waals surface area contributed by atoms with Crippen molar-refractivity contribution in [3.8, 4) is 5.69 Å². The van der Waals surface area contributed by atoms with Gasteiger partial charge in [-0.2, -0.15) is 5.10 Å². The predicted octanol–water partition coefficient (Wildman–Crippen LogP) is 3.14. The Morgan fingerprint density at radius 2 is 1.76 bits per heavy atom. The number of nitrogens with one attached hydrogen (secondary N) is 2. The zero-order valence-electron chi connectivity index (χ0n) is 21.2. The number of ether oxygens (including phenoxy) is 2. The number of para-hydroxylation sites is 1. The van der Waals surface area contributed by atoms with Crippen LogP contribution < -0.4 is 10.6 Å². The number of benzene rings is 2. The summed E-state index contributed by atoms with van der Waals surface area (Å²) >= 11 is 0. The number of aryl methyl sites for hydroxylation is 1. The molecule has 1 saturated heterocycles. The summed E-state index contributed by atoms with van der Waals surface area (Å²) in [5.74, 6) is 0.371. The van der Waals surface area contributed by atoms with Gasteiger partial charge in [0.25, 0.3) is 0 Å². The second kappa shape index (κ2) is 11.1. The third kappa shape index (κ3) is 5.23. The molecule has 0 bridgehead atoms. The highest BCUT2D eigenvalue weighted by molar-refractivity contribution is 5.90. The van der Waals surface area contributed by atoms with E-state index >= 15 is 0 Å². The number of hydrogen-bond acceptors (Lipinski definition) is 6. The minimum absolute atomic E-state index is 0.000659. The number of fused-ring (bicyclic) bond motifs is 1. The number of amides is 2. The fourth-order valence-corrected chi connectivity index (χ4v) is 5.48. The van der Waals surface area contributed by atoms with Crippen molar-refractivity contribution < 1.29 is 19.1 Å². The van der Waals surface area contributed by atoms with Crippen LogP contribution in [-0.2, 0) is 27.1 Å². The van der Waals surface area contributed by atoms with Gasteiger partial charge in [-0.05, 0) is 37.0 Å². The van der Waals surface area contributed by atoms with Crippen LogP contribution in [0.15, 0.2) is 60.7 Å². The third-order valence-electron chi connectivity index (χ3n) is 7.27. The molecular formula is C28H33N5O4. The van der Waals surface area contributed by atoms with Gasteiger partial charge >= 0.3 is 12.0 Å². The topological polar surface area (TPSA) is 97.7 Å². The first kappa shape index (κ1) is 25.0. The monoisotopic (exact) mass is 503 g/mol. The molecule has 0 radical (unpaired) electrons. The summed E-state index contributed by atoms with van der Waals surface area (Å²) in [6.45, 7) is 1.30. The van der Waals surface area contributed by atoms with E-state index < -0.39 is 6.04 Å². The van der Waals surface area contributed by atoms with Gasteiger partial charge < -0.3 is 14.8 Å². The summed E-state index contributed by atoms with van der Waals surface area (Å²) in [6.07, 6.45) is 2.83. The fourth-order valence-electron chi connectivity index (χ4n) is 5.48. The molecular weight excluding hydrogens is 470 g/mol. The van der Waals surface area contributed by atoms with Crippen LogP contribution in [0.5, 0.6) is 0 Å². The molecule has 1 aliphatic carbocycles. The molecule has 9 heteroatoms. The largest absolute Gasteiger partial charge is 0.468 e. The average molecular weight is 504 g/mol. The Balaban J connectivity index is 1.38. The number of hydrogen-bond donors (Lipinski definition) is 2. The predicted molar refractivity (Wildman–Crippen MR) is 140 cm³/mol. The second-order valence-corrected chi connectivity index (χ2v) is 9.55. The summed E-state index contributed by atoms with van der Waals surface area (Å²) in [7, 11) is 2.95. The number of aromatic nitrogens is 2. The molecule has 2 heterocycles. The number of methoxy groups -OCH3 is 2. The van der Waals surface area contributed by atoms with Gasteiger partial charge in [0.15, 0.2) is 0 Å². The van der Waals surface area contributed by atoms with Gasteiger partial charge in [-0.3, -0.25) is 15.0 Å². The molecule has 3 unspecified atom stereocenters. The Labute approximate surface area is 216 Å². The maximum atomic E-state index is 13.4. The summed E-state index contributed by atoms with van der Waals surface area (Å²) < 4.78 is 12.2. The zero-order chi connectivity index (χ0) is 25.8. The fraction of sp³-hybridized carbons (Fsp3) is 0.393. The smallest absolute Gasteiger partial charge is 0.325 e. The van der Waals surface area contributed by atoms with Gasteiger partial charge in [-0.25, -0.2) is 9.48 Å². The Bertz CT molecular complexity index is 1230. The van der Waals surface area contributed by atoms with Crippen molar-refractivity contribution in [3.05, 3.63) is 77.5 Å². The number of nitrogens with zero attached hydrogens (tertiary/aromatic N) is 3. The lowest BCUT2D eigenvalue weighted by molar-refractivity contribution is -0.148. The Morgan fingerprint density at radius 1 is 1.03 bits per heavy atom. The first-order valence-corrected chi connectivity index (χ1v) is 12.7. The number of esters is 1. The van der Waals surface area contributed by atoms with Crippen LogP contribution >= 0.6 is 0 Å². The molecule has 3 atom stereocenters. The van der Waals surface area contributed by atoms with Gasteiger partial charge in [0.05, 0.1) is 31.1 Å². The van der Waals surface area contributed by atoms with Crippen molar-refractivity contribution >= 4 is 17.8 Å². The van der Waals surface area contributed by atoms with Crippen LogP contribution in [0.1, 0.15) is 29.2 Å². The maximum Gasteiger partial charge on any atom is 0.325 e. The minimum Gasteiger partial charge on any atom is -0.468 e. The second-order valence-electron chi connectivity index (χ2n) is 9.55. The molecule has 1 aromatic heterocycles. The van der Waals surface area contributed by atoms with Crippen molar-refractivity contribution in [2.45, 2.75) is 37.3 Å². The number of urea groups is 1. The number of likely N-dealkylation sites (tertiary alicyclic amines) is 1. The van der Waals surface area contributed by atoms with E-state index in [1.165, 1.54) is 7.11 Å². The van der Waals surface area contributed by atoms with Crippen LogP contribution in [0.2, 0.25) is 0 Å². The van der Waals surface area contributed by atoms with Crippen molar-refractivity contribution in [1.82, 2.24) is 20.0 Å². The number of rotatable bonds is 8. The van der Waals surface area contributed by atoms with Gasteiger partial charge in [0.2, 0.25) is 0 Å². The standard InChI is InChI=1S/C28H33N5O4/c1-36-18-25(27(34)37-2)32-16-22(19-10-5-3-6-11-19)24(17-32)29-28(35)30-26-21-14-9-15-23(21)31-33(26)20-12-7-4-8-13-20/h3-8,10-13,22,24-25H,9,14-18H2,1-2H3,(H2,29,30,35). The summed E-state index contributed by atoms with van der Waals surface area (Å²) in [6, 6.07) is 18.9. The highest BCUT2D eigenvalue weighted by Gasteiger charge is 2.40. The van der Waals surface area contributed by atoms with Gasteiger partial charge in [-0.15, -0.1) is 0 Å². The van der Waals surface area contributed by atoms with E-state index in [0.29, 0.717) is 18.9 Å². The summed E-state index contributed by atoms with van der Waals surface area (Å²) in [5.41, 5.74) is 4.14. The van der Waals surface area contributed by atoms with Crippen molar-refractivity contribution in [2.24, 2.45) is 0 Å². The highest BCUT2D eigenvalue weighted by atomic mass is 16.5. The van der Waals surface area contributed by atoms with Crippen molar-refractivity contribution in [1.29, 1.82) is 0 Å². The van der Waals surface area contributed by atoms with Gasteiger partial charge in [-0.1, -0.05) is 48.5 Å². The first-order valence-electron chi connectivity index (χ1n) is 12.7. The first-order chi connectivity index (χ1) is 18.1. The van der Waals surface area contributed by atoms with Crippen LogP contribution in [0.25, 0.3) is 5.69 Å². The van der Waals surface area contributed by atoms with E-state index in [4.69, 9.17) is 14.6 Å². The van der Waals surface area contributed by atoms with E-state index in [9.17, 15) is 9.59 Å². The summed E-state index contributed by atoms with van der Waals surface area (Å²) in [4.78, 5) is 28.0. The maximum absolute atomic E-state index is 13.4. The lowest BCUT2D eigenvalue weighted by Crippen LogP contribution is -2.46. The van der Waals surface area contributed by atoms with Crippen LogP contribution in [0.3, 0.4) is 0 Å². The minimum atomic E-state index is -0.543. The van der Waals surface area contributed by atoms with Crippen LogP contribution in [0, 0.1) is 0 Å². The van der Waals surface area contributed by atoms with Crippen LogP contribution in [-0.4, -0.2) is 72.7 Å². The van der Waals surface area contributed by atoms with Gasteiger partial charge in [0.1, 0.15) is 11.9 Å². The number of carbonyl (C=O) groups is 2. The molecule has 3 aromatic rings. The normalized spacial score (nSPS) is 19.8. The van der Waals surface area contributed by atoms with E-state index in [-0.39, 0.29) is 30.6 Å². The molecule has 0 saturated carbocycles. The molecule has 2 amide bonds. The highest BCUT2D eigenvalue weighted by Crippen LogP contribution is 2.32. The molecule has 194 valence electrons. The summed E-state index contributed by atoms with van der Waals surface area (Å²) in [5, 5.41) is 11.1.